The van der Waals surface area contributed by atoms with E-state index in [9.17, 15) is 5.11 Å². The van der Waals surface area contributed by atoms with Crippen LogP contribution in [0.25, 0.3) is 33.3 Å². The molecule has 2 aliphatic rings. The second kappa shape index (κ2) is 7.27. The maximum Gasteiger partial charge on any atom is 0.177 e. The van der Waals surface area contributed by atoms with Gasteiger partial charge in [0.25, 0.3) is 0 Å². The number of anilines is 1. The number of rotatable bonds is 3. The summed E-state index contributed by atoms with van der Waals surface area (Å²) in [6.07, 6.45) is 3.92. The lowest BCUT2D eigenvalue weighted by Gasteiger charge is -2.44. The van der Waals surface area contributed by atoms with Gasteiger partial charge in [0.1, 0.15) is 22.1 Å². The summed E-state index contributed by atoms with van der Waals surface area (Å²) >= 11 is 13.2. The Kier molecular flexibility index (Phi) is 4.65. The van der Waals surface area contributed by atoms with Gasteiger partial charge in [-0.2, -0.15) is 10.2 Å². The van der Waals surface area contributed by atoms with Gasteiger partial charge in [-0.1, -0.05) is 23.2 Å². The zero-order valence-electron chi connectivity index (χ0n) is 18.3. The Bertz CT molecular complexity index is 1390. The number of nitrogens with zero attached hydrogens (tertiary/aromatic N) is 6. The van der Waals surface area contributed by atoms with Crippen molar-refractivity contribution in [2.24, 2.45) is 12.8 Å². The third-order valence-electron chi connectivity index (χ3n) is 6.99. The molecule has 172 valence electrons. The van der Waals surface area contributed by atoms with E-state index in [1.807, 2.05) is 12.1 Å². The van der Waals surface area contributed by atoms with Crippen LogP contribution in [0, 0.1) is 0 Å². The Hall–Kier alpha value is -2.46. The van der Waals surface area contributed by atoms with Crippen LogP contribution in [0.5, 0.6) is 0 Å². The highest BCUT2D eigenvalue weighted by atomic mass is 35.5. The number of aliphatic hydroxyl groups is 1. The van der Waals surface area contributed by atoms with Crippen molar-refractivity contribution >= 4 is 51.1 Å². The van der Waals surface area contributed by atoms with Gasteiger partial charge in [-0.3, -0.25) is 9.78 Å². The number of nitrogens with one attached hydrogen (secondary N) is 1. The van der Waals surface area contributed by atoms with E-state index >= 15 is 0 Å². The van der Waals surface area contributed by atoms with Crippen molar-refractivity contribution in [3.63, 3.8) is 0 Å². The predicted molar refractivity (Wildman–Crippen MR) is 128 cm³/mol. The highest BCUT2D eigenvalue weighted by Crippen LogP contribution is 2.44. The molecular weight excluding hydrogens is 463 g/mol. The molecule has 5 heterocycles. The molecule has 0 spiro atoms. The summed E-state index contributed by atoms with van der Waals surface area (Å²) in [7, 11) is 1.77. The first-order valence-electron chi connectivity index (χ1n) is 11.0. The summed E-state index contributed by atoms with van der Waals surface area (Å²) < 4.78 is 1.58. The average Bonchev–Trinajstić information content (AvgIpc) is 3.40. The SMILES string of the molecule is Cn1nc2ccc(-c3n[nH]c4nc(N5C6CCC5CC(C)(N)C6)c(CO)nc34)c(Cl)c2c1Cl. The van der Waals surface area contributed by atoms with Gasteiger partial charge in [-0.15, -0.1) is 0 Å². The molecule has 0 amide bonds. The van der Waals surface area contributed by atoms with E-state index < -0.39 is 0 Å². The molecule has 11 heteroatoms. The zero-order valence-corrected chi connectivity index (χ0v) is 19.8. The minimum Gasteiger partial charge on any atom is -0.390 e. The molecule has 2 bridgehead atoms. The topological polar surface area (TPSA) is 122 Å². The van der Waals surface area contributed by atoms with Crippen molar-refractivity contribution < 1.29 is 5.11 Å². The summed E-state index contributed by atoms with van der Waals surface area (Å²) in [5, 5.41) is 23.6. The number of halogens is 2. The van der Waals surface area contributed by atoms with Gasteiger partial charge >= 0.3 is 0 Å². The molecule has 2 fully saturated rings. The first kappa shape index (κ1) is 21.1. The molecule has 4 aromatic rings. The minimum atomic E-state index is -0.222. The van der Waals surface area contributed by atoms with E-state index in [-0.39, 0.29) is 12.1 Å². The van der Waals surface area contributed by atoms with Crippen LogP contribution in [0.1, 0.15) is 38.3 Å². The fourth-order valence-electron chi connectivity index (χ4n) is 5.63. The minimum absolute atomic E-state index is 0.177. The first-order chi connectivity index (χ1) is 15.8. The van der Waals surface area contributed by atoms with E-state index in [0.717, 1.165) is 25.7 Å². The standard InChI is InChI=1S/C22H24Cl2N8O/c1-22(25)7-10-3-4-11(8-22)32(10)21-14(9-33)26-18-17(28-29-20(18)27-21)12-5-6-13-15(16(12)23)19(24)31(2)30-13/h5-6,10-11,33H,3-4,7-9,25H2,1-2H3,(H,27,28,29). The molecule has 2 unspecified atom stereocenters. The van der Waals surface area contributed by atoms with Crippen LogP contribution < -0.4 is 10.6 Å². The summed E-state index contributed by atoms with van der Waals surface area (Å²) in [6, 6.07) is 4.29. The number of aryl methyl sites for hydroxylation is 1. The van der Waals surface area contributed by atoms with Gasteiger partial charge in [0, 0.05) is 30.2 Å². The zero-order chi connectivity index (χ0) is 23.1. The van der Waals surface area contributed by atoms with Crippen LogP contribution in [0.15, 0.2) is 12.1 Å². The Morgan fingerprint density at radius 3 is 2.64 bits per heavy atom. The number of aromatic nitrogens is 6. The number of hydrogen-bond donors (Lipinski definition) is 3. The summed E-state index contributed by atoms with van der Waals surface area (Å²) in [5.74, 6) is 0.708. The van der Waals surface area contributed by atoms with E-state index in [2.05, 4.69) is 27.1 Å². The highest BCUT2D eigenvalue weighted by molar-refractivity contribution is 6.43. The molecule has 0 saturated carbocycles. The van der Waals surface area contributed by atoms with E-state index in [1.165, 1.54) is 0 Å². The number of nitrogens with two attached hydrogens (primary N) is 1. The third kappa shape index (κ3) is 3.13. The predicted octanol–water partition coefficient (Wildman–Crippen LogP) is 3.55. The van der Waals surface area contributed by atoms with Crippen molar-refractivity contribution in [2.45, 2.75) is 56.8 Å². The second-order valence-electron chi connectivity index (χ2n) is 9.51. The lowest BCUT2D eigenvalue weighted by molar-refractivity contribution is 0.273. The Morgan fingerprint density at radius 2 is 1.94 bits per heavy atom. The monoisotopic (exact) mass is 486 g/mol. The van der Waals surface area contributed by atoms with Gasteiger partial charge in [-0.25, -0.2) is 9.97 Å². The summed E-state index contributed by atoms with van der Waals surface area (Å²) in [6.45, 7) is 1.90. The molecule has 33 heavy (non-hydrogen) atoms. The molecule has 0 radical (unpaired) electrons. The normalized spacial score (nSPS) is 25.0. The number of H-pyrrole nitrogens is 1. The molecule has 2 aliphatic heterocycles. The molecule has 2 atom stereocenters. The number of piperidine rings is 1. The Labute approximate surface area is 199 Å². The quantitative estimate of drug-likeness (QED) is 0.404. The van der Waals surface area contributed by atoms with Gasteiger partial charge in [0.05, 0.1) is 22.5 Å². The molecule has 4 N–H and O–H groups in total. The highest BCUT2D eigenvalue weighted by Gasteiger charge is 2.45. The molecule has 0 aliphatic carbocycles. The summed E-state index contributed by atoms with van der Waals surface area (Å²) in [4.78, 5) is 12.0. The first-order valence-corrected chi connectivity index (χ1v) is 11.8. The van der Waals surface area contributed by atoms with Crippen molar-refractivity contribution in [3.05, 3.63) is 28.0 Å². The largest absolute Gasteiger partial charge is 0.390 e. The molecule has 6 rings (SSSR count). The van der Waals surface area contributed by atoms with Crippen LogP contribution in [-0.4, -0.2) is 52.7 Å². The van der Waals surface area contributed by atoms with Gasteiger partial charge in [0.15, 0.2) is 11.5 Å². The van der Waals surface area contributed by atoms with E-state index in [1.54, 1.807) is 11.7 Å². The lowest BCUT2D eigenvalue weighted by atomic mass is 9.85. The Balaban J connectivity index is 1.48. The van der Waals surface area contributed by atoms with Gasteiger partial charge in [-0.05, 0) is 44.7 Å². The van der Waals surface area contributed by atoms with Gasteiger partial charge in [0.2, 0.25) is 0 Å². The Morgan fingerprint density at radius 1 is 1.21 bits per heavy atom. The number of aromatic amines is 1. The summed E-state index contributed by atoms with van der Waals surface area (Å²) in [5.41, 5.74) is 9.86. The smallest absolute Gasteiger partial charge is 0.177 e. The fraction of sp³-hybridized carbons (Fsp3) is 0.455. The number of fused-ring (bicyclic) bond motifs is 4. The molecular formula is C22H24Cl2N8O. The van der Waals surface area contributed by atoms with Gasteiger partial charge < -0.3 is 15.7 Å². The van der Waals surface area contributed by atoms with Crippen molar-refractivity contribution in [2.75, 3.05) is 4.90 Å². The average molecular weight is 487 g/mol. The van der Waals surface area contributed by atoms with Crippen LogP contribution in [0.4, 0.5) is 5.82 Å². The maximum absolute atomic E-state index is 10.2. The van der Waals surface area contributed by atoms with Crippen LogP contribution in [0.3, 0.4) is 0 Å². The fourth-order valence-corrected chi connectivity index (χ4v) is 6.25. The second-order valence-corrected chi connectivity index (χ2v) is 10.2. The van der Waals surface area contributed by atoms with Crippen molar-refractivity contribution in [1.82, 2.24) is 29.9 Å². The number of aliphatic hydroxyl groups excluding tert-OH is 1. The molecule has 1 aromatic carbocycles. The molecule has 2 saturated heterocycles. The van der Waals surface area contributed by atoms with Crippen LogP contribution in [0.2, 0.25) is 10.2 Å². The molecule has 9 nitrogen and oxygen atoms in total. The number of hydrogen-bond acceptors (Lipinski definition) is 7. The van der Waals surface area contributed by atoms with E-state index in [4.69, 9.17) is 38.9 Å². The van der Waals surface area contributed by atoms with E-state index in [0.29, 0.717) is 67.1 Å². The van der Waals surface area contributed by atoms with Crippen LogP contribution in [-0.2, 0) is 13.7 Å². The third-order valence-corrected chi connectivity index (χ3v) is 7.81. The molecule has 3 aromatic heterocycles. The lowest BCUT2D eigenvalue weighted by Crippen LogP contribution is -2.54. The maximum atomic E-state index is 10.2. The number of benzene rings is 1. The van der Waals surface area contributed by atoms with Crippen molar-refractivity contribution in [3.8, 4) is 11.3 Å². The van der Waals surface area contributed by atoms with Crippen molar-refractivity contribution in [1.29, 1.82) is 0 Å². The van der Waals surface area contributed by atoms with Crippen LogP contribution >= 0.6 is 23.2 Å².